The first-order valence-corrected chi connectivity index (χ1v) is 10.6. The maximum Gasteiger partial charge on any atom is 0.285 e. The van der Waals surface area contributed by atoms with Crippen molar-refractivity contribution < 1.29 is 18.9 Å². The van der Waals surface area contributed by atoms with E-state index in [1.54, 1.807) is 42.5 Å². The molecule has 1 saturated heterocycles. The zero-order chi connectivity index (χ0) is 22.8. The summed E-state index contributed by atoms with van der Waals surface area (Å²) in [4.78, 5) is 35.7. The van der Waals surface area contributed by atoms with E-state index in [0.717, 1.165) is 16.8 Å². The maximum atomic E-state index is 12.7. The first-order valence-electron chi connectivity index (χ1n) is 9.01. The minimum Gasteiger partial charge on any atom is -0.457 e. The highest BCUT2D eigenvalue weighted by molar-refractivity contribution is 8.26. The van der Waals surface area contributed by atoms with E-state index in [1.807, 2.05) is 0 Å². The van der Waals surface area contributed by atoms with E-state index in [9.17, 15) is 19.7 Å². The molecule has 160 valence electrons. The van der Waals surface area contributed by atoms with E-state index in [1.165, 1.54) is 24.3 Å². The summed E-state index contributed by atoms with van der Waals surface area (Å²) in [5.74, 6) is -0.150. The van der Waals surface area contributed by atoms with Crippen molar-refractivity contribution in [2.75, 3.05) is 0 Å². The van der Waals surface area contributed by atoms with Crippen molar-refractivity contribution in [3.05, 3.63) is 92.0 Å². The van der Waals surface area contributed by atoms with Crippen molar-refractivity contribution in [2.24, 2.45) is 0 Å². The van der Waals surface area contributed by atoms with Gasteiger partial charge in [-0.15, -0.1) is 0 Å². The summed E-state index contributed by atoms with van der Waals surface area (Å²) in [5, 5.41) is 12.2. The third-order valence-corrected chi connectivity index (χ3v) is 5.89. The number of nitro benzene ring substituents is 1. The van der Waals surface area contributed by atoms with E-state index in [-0.39, 0.29) is 20.5 Å². The molecular weight excluding hydrogens is 474 g/mol. The molecule has 8 nitrogen and oxygen atoms in total. The summed E-state index contributed by atoms with van der Waals surface area (Å²) in [6.07, 6.45) is 1.51. The number of furan rings is 1. The van der Waals surface area contributed by atoms with Crippen LogP contribution in [-0.4, -0.2) is 26.1 Å². The molecule has 1 aliphatic rings. The number of hydrogen-bond acceptors (Lipinski definition) is 7. The van der Waals surface area contributed by atoms with Crippen LogP contribution in [-0.2, 0) is 4.79 Å². The third-order valence-electron chi connectivity index (χ3n) is 4.36. The molecule has 0 radical (unpaired) electrons. The Kier molecular flexibility index (Phi) is 6.08. The van der Waals surface area contributed by atoms with Crippen molar-refractivity contribution >= 4 is 63.5 Å². The first kappa shape index (κ1) is 21.8. The van der Waals surface area contributed by atoms with Crippen molar-refractivity contribution in [2.45, 2.75) is 0 Å². The molecule has 3 aromatic rings. The fraction of sp³-hybridized carbons (Fsp3) is 0. The van der Waals surface area contributed by atoms with Crippen LogP contribution in [0.25, 0.3) is 17.4 Å². The SMILES string of the molecule is O=C(NN1C(=O)C(=Cc2ccc(-c3ccc([N+](=O)[O-])cc3)o2)SC1=S)c1cccc(Cl)c1. The van der Waals surface area contributed by atoms with E-state index in [4.69, 9.17) is 28.2 Å². The summed E-state index contributed by atoms with van der Waals surface area (Å²) in [6.45, 7) is 0. The summed E-state index contributed by atoms with van der Waals surface area (Å²) in [6, 6.07) is 15.6. The highest BCUT2D eigenvalue weighted by Crippen LogP contribution is 2.33. The van der Waals surface area contributed by atoms with Crippen LogP contribution in [0, 0.1) is 10.1 Å². The van der Waals surface area contributed by atoms with E-state index in [0.29, 0.717) is 22.1 Å². The van der Waals surface area contributed by atoms with Gasteiger partial charge in [0.2, 0.25) is 0 Å². The fourth-order valence-electron chi connectivity index (χ4n) is 2.82. The van der Waals surface area contributed by atoms with Crippen molar-refractivity contribution in [1.29, 1.82) is 0 Å². The molecule has 1 fully saturated rings. The number of hydrogen-bond donors (Lipinski definition) is 1. The number of carbonyl (C=O) groups excluding carboxylic acids is 2. The number of nitrogens with zero attached hydrogens (tertiary/aromatic N) is 2. The lowest BCUT2D eigenvalue weighted by Crippen LogP contribution is -2.44. The number of amides is 2. The Bertz CT molecular complexity index is 1290. The standard InChI is InChI=1S/C21H12ClN3O5S2/c22-14-3-1-2-13(10-14)19(26)23-24-20(27)18(32-21(24)31)11-16-8-9-17(30-16)12-4-6-15(7-5-12)25(28)29/h1-11H,(H,23,26). The molecule has 2 heterocycles. The number of non-ortho nitro benzene ring substituents is 1. The van der Waals surface area contributed by atoms with E-state index < -0.39 is 16.7 Å². The van der Waals surface area contributed by atoms with Gasteiger partial charge < -0.3 is 4.42 Å². The van der Waals surface area contributed by atoms with Gasteiger partial charge in [0.25, 0.3) is 17.5 Å². The number of thiocarbonyl (C=S) groups is 1. The number of rotatable bonds is 5. The molecule has 2 amide bonds. The zero-order valence-electron chi connectivity index (χ0n) is 16.0. The Morgan fingerprint density at radius 3 is 2.62 bits per heavy atom. The molecule has 0 aliphatic carbocycles. The normalized spacial score (nSPS) is 14.8. The zero-order valence-corrected chi connectivity index (χ0v) is 18.4. The Hall–Kier alpha value is -3.47. The van der Waals surface area contributed by atoms with Crippen LogP contribution < -0.4 is 5.43 Å². The van der Waals surface area contributed by atoms with Crippen LogP contribution in [0.3, 0.4) is 0 Å². The Morgan fingerprint density at radius 2 is 1.94 bits per heavy atom. The second kappa shape index (κ2) is 8.95. The number of nitrogens with one attached hydrogen (secondary N) is 1. The minimum absolute atomic E-state index is 0.0241. The van der Waals surface area contributed by atoms with Crippen LogP contribution in [0.15, 0.2) is 70.0 Å². The molecule has 0 spiro atoms. The summed E-state index contributed by atoms with van der Waals surface area (Å²) in [7, 11) is 0. The molecular formula is C21H12ClN3O5S2. The van der Waals surface area contributed by atoms with E-state index >= 15 is 0 Å². The third kappa shape index (κ3) is 4.57. The highest BCUT2D eigenvalue weighted by atomic mass is 35.5. The quantitative estimate of drug-likeness (QED) is 0.233. The molecule has 1 aromatic heterocycles. The second-order valence-electron chi connectivity index (χ2n) is 6.47. The molecule has 0 bridgehead atoms. The van der Waals surface area contributed by atoms with Crippen LogP contribution in [0.1, 0.15) is 16.1 Å². The number of nitro groups is 1. The second-order valence-corrected chi connectivity index (χ2v) is 8.59. The van der Waals surface area contributed by atoms with Gasteiger partial charge in [0.05, 0.1) is 9.83 Å². The largest absolute Gasteiger partial charge is 0.457 e. The molecule has 11 heteroatoms. The number of carbonyl (C=O) groups is 2. The minimum atomic E-state index is -0.525. The Morgan fingerprint density at radius 1 is 1.19 bits per heavy atom. The summed E-state index contributed by atoms with van der Waals surface area (Å²) in [5.41, 5.74) is 3.39. The maximum absolute atomic E-state index is 12.7. The van der Waals surface area contributed by atoms with Gasteiger partial charge in [-0.05, 0) is 54.7 Å². The van der Waals surface area contributed by atoms with Crippen LogP contribution in [0.2, 0.25) is 5.02 Å². The van der Waals surface area contributed by atoms with Gasteiger partial charge in [0.1, 0.15) is 11.5 Å². The monoisotopic (exact) mass is 485 g/mol. The highest BCUT2D eigenvalue weighted by Gasteiger charge is 2.34. The number of halogens is 1. The smallest absolute Gasteiger partial charge is 0.285 e. The molecule has 4 rings (SSSR count). The lowest BCUT2D eigenvalue weighted by Gasteiger charge is -2.15. The topological polar surface area (TPSA) is 106 Å². The van der Waals surface area contributed by atoms with Gasteiger partial charge in [-0.2, -0.15) is 5.01 Å². The van der Waals surface area contributed by atoms with Crippen LogP contribution in [0.4, 0.5) is 5.69 Å². The molecule has 2 aromatic carbocycles. The summed E-state index contributed by atoms with van der Waals surface area (Å²) < 4.78 is 5.90. The van der Waals surface area contributed by atoms with Crippen molar-refractivity contribution in [1.82, 2.24) is 10.4 Å². The number of thioether (sulfide) groups is 1. The van der Waals surface area contributed by atoms with Crippen molar-refractivity contribution in [3.8, 4) is 11.3 Å². The molecule has 1 aliphatic heterocycles. The van der Waals surface area contributed by atoms with Gasteiger partial charge in [0, 0.05) is 34.4 Å². The van der Waals surface area contributed by atoms with Crippen LogP contribution >= 0.6 is 35.6 Å². The molecule has 32 heavy (non-hydrogen) atoms. The Balaban J connectivity index is 1.49. The molecule has 0 atom stereocenters. The lowest BCUT2D eigenvalue weighted by molar-refractivity contribution is -0.384. The van der Waals surface area contributed by atoms with Gasteiger partial charge in [-0.3, -0.25) is 25.1 Å². The molecule has 0 saturated carbocycles. The predicted molar refractivity (Wildman–Crippen MR) is 125 cm³/mol. The Labute approximate surface area is 196 Å². The van der Waals surface area contributed by atoms with Gasteiger partial charge in [-0.25, -0.2) is 0 Å². The van der Waals surface area contributed by atoms with Crippen molar-refractivity contribution in [3.63, 3.8) is 0 Å². The van der Waals surface area contributed by atoms with Gasteiger partial charge in [-0.1, -0.05) is 29.4 Å². The fourth-order valence-corrected chi connectivity index (χ4v) is 4.17. The van der Waals surface area contributed by atoms with Crippen LogP contribution in [0.5, 0.6) is 0 Å². The average molecular weight is 486 g/mol. The molecule has 0 unspecified atom stereocenters. The number of hydrazine groups is 1. The first-order chi connectivity index (χ1) is 15.3. The molecule has 1 N–H and O–H groups in total. The number of benzene rings is 2. The summed E-state index contributed by atoms with van der Waals surface area (Å²) >= 11 is 12.1. The van der Waals surface area contributed by atoms with Gasteiger partial charge >= 0.3 is 0 Å². The predicted octanol–water partition coefficient (Wildman–Crippen LogP) is 5.05. The van der Waals surface area contributed by atoms with Gasteiger partial charge in [0.15, 0.2) is 4.32 Å². The lowest BCUT2D eigenvalue weighted by atomic mass is 10.1. The average Bonchev–Trinajstić information content (AvgIpc) is 3.34. The van der Waals surface area contributed by atoms with E-state index in [2.05, 4.69) is 5.43 Å².